The lowest BCUT2D eigenvalue weighted by Crippen LogP contribution is -2.17. The van der Waals surface area contributed by atoms with Crippen LogP contribution in [-0.2, 0) is 11.2 Å². The summed E-state index contributed by atoms with van der Waals surface area (Å²) < 4.78 is 5.69. The maximum Gasteiger partial charge on any atom is 0.220 e. The van der Waals surface area contributed by atoms with E-state index < -0.39 is 0 Å². The Bertz CT molecular complexity index is 356. The summed E-state index contributed by atoms with van der Waals surface area (Å²) in [5.41, 5.74) is 0. The molecule has 1 N–H and O–H groups in total. The van der Waals surface area contributed by atoms with Crippen molar-refractivity contribution in [1.29, 1.82) is 0 Å². The molecule has 0 unspecified atom stereocenters. The van der Waals surface area contributed by atoms with Gasteiger partial charge in [-0.05, 0) is 24.5 Å². The third-order valence-electron chi connectivity index (χ3n) is 3.03. The largest absolute Gasteiger partial charge is 0.466 e. The maximum absolute atomic E-state index is 11.0. The summed E-state index contributed by atoms with van der Waals surface area (Å²) in [6, 6.07) is 4.04. The van der Waals surface area contributed by atoms with Gasteiger partial charge in [0.25, 0.3) is 0 Å². The van der Waals surface area contributed by atoms with Crippen LogP contribution in [0.1, 0.15) is 37.2 Å². The minimum Gasteiger partial charge on any atom is -0.466 e. The Morgan fingerprint density at radius 1 is 1.60 bits per heavy atom. The molecular formula is C12H17NO2. The zero-order valence-corrected chi connectivity index (χ0v) is 9.25. The average Bonchev–Trinajstić information content (AvgIpc) is 2.80. The van der Waals surface area contributed by atoms with E-state index in [1.807, 2.05) is 12.1 Å². The first-order chi connectivity index (χ1) is 7.20. The van der Waals surface area contributed by atoms with E-state index >= 15 is 0 Å². The lowest BCUT2D eigenvalue weighted by molar-refractivity contribution is -0.120. The number of hydrogen-bond acceptors (Lipinski definition) is 2. The minimum atomic E-state index is 0.0627. The number of carbonyl (C=O) groups is 1. The summed E-state index contributed by atoms with van der Waals surface area (Å²) in [6.07, 6.45) is 2.44. The molecule has 3 nitrogen and oxygen atoms in total. The average molecular weight is 207 g/mol. The highest BCUT2D eigenvalue weighted by atomic mass is 16.3. The molecule has 1 aromatic rings. The molecule has 0 spiro atoms. The molecule has 0 radical (unpaired) electrons. The lowest BCUT2D eigenvalue weighted by atomic mass is 10.2. The molecule has 82 valence electrons. The minimum absolute atomic E-state index is 0.0627. The number of hydrogen-bond donors (Lipinski definition) is 1. The molecule has 1 amide bonds. The predicted octanol–water partition coefficient (Wildman–Crippen LogP) is 2.08. The van der Waals surface area contributed by atoms with Crippen molar-refractivity contribution < 1.29 is 9.21 Å². The molecule has 1 aromatic heterocycles. The topological polar surface area (TPSA) is 42.2 Å². The van der Waals surface area contributed by atoms with Gasteiger partial charge in [0.1, 0.15) is 11.5 Å². The van der Waals surface area contributed by atoms with Crippen LogP contribution in [0.15, 0.2) is 16.5 Å². The van der Waals surface area contributed by atoms with E-state index in [1.54, 1.807) is 7.05 Å². The van der Waals surface area contributed by atoms with Gasteiger partial charge in [-0.1, -0.05) is 6.92 Å². The fourth-order valence-corrected chi connectivity index (χ4v) is 1.81. The van der Waals surface area contributed by atoms with E-state index in [0.717, 1.165) is 17.4 Å². The van der Waals surface area contributed by atoms with Gasteiger partial charge in [-0.15, -0.1) is 0 Å². The van der Waals surface area contributed by atoms with E-state index in [0.29, 0.717) is 18.8 Å². The van der Waals surface area contributed by atoms with Crippen molar-refractivity contribution in [3.8, 4) is 0 Å². The predicted molar refractivity (Wildman–Crippen MR) is 57.6 cm³/mol. The molecule has 0 bridgehead atoms. The zero-order chi connectivity index (χ0) is 10.8. The Hall–Kier alpha value is -1.25. The Balaban J connectivity index is 1.87. The molecule has 1 heterocycles. The molecular weight excluding hydrogens is 190 g/mol. The van der Waals surface area contributed by atoms with Crippen LogP contribution in [0.3, 0.4) is 0 Å². The highest BCUT2D eigenvalue weighted by Crippen LogP contribution is 2.47. The molecule has 1 aliphatic carbocycles. The third kappa shape index (κ3) is 2.41. The highest BCUT2D eigenvalue weighted by Gasteiger charge is 2.36. The molecule has 2 rings (SSSR count). The van der Waals surface area contributed by atoms with Crippen molar-refractivity contribution in [2.45, 2.75) is 32.1 Å². The highest BCUT2D eigenvalue weighted by molar-refractivity contribution is 5.75. The Kier molecular flexibility index (Phi) is 2.80. The van der Waals surface area contributed by atoms with Gasteiger partial charge in [0.2, 0.25) is 5.91 Å². The molecule has 0 saturated heterocycles. The van der Waals surface area contributed by atoms with Crippen molar-refractivity contribution in [2.24, 2.45) is 5.92 Å². The third-order valence-corrected chi connectivity index (χ3v) is 3.03. The van der Waals surface area contributed by atoms with E-state index in [2.05, 4.69) is 12.2 Å². The fraction of sp³-hybridized carbons (Fsp3) is 0.583. The van der Waals surface area contributed by atoms with E-state index in [-0.39, 0.29) is 5.91 Å². The summed E-state index contributed by atoms with van der Waals surface area (Å²) in [7, 11) is 1.65. The molecule has 1 saturated carbocycles. The second-order valence-electron chi connectivity index (χ2n) is 4.30. The Labute approximate surface area is 89.9 Å². The van der Waals surface area contributed by atoms with Gasteiger partial charge >= 0.3 is 0 Å². The number of furan rings is 1. The van der Waals surface area contributed by atoms with Crippen molar-refractivity contribution in [2.75, 3.05) is 7.05 Å². The first kappa shape index (κ1) is 10.3. The molecule has 1 fully saturated rings. The number of rotatable bonds is 4. The number of amides is 1. The van der Waals surface area contributed by atoms with Crippen molar-refractivity contribution in [3.05, 3.63) is 23.7 Å². The van der Waals surface area contributed by atoms with Crippen molar-refractivity contribution in [1.82, 2.24) is 5.32 Å². The summed E-state index contributed by atoms with van der Waals surface area (Å²) in [5, 5.41) is 2.60. The van der Waals surface area contributed by atoms with Crippen LogP contribution >= 0.6 is 0 Å². The molecule has 0 aliphatic heterocycles. The number of aryl methyl sites for hydroxylation is 1. The first-order valence-electron chi connectivity index (χ1n) is 5.50. The lowest BCUT2D eigenvalue weighted by Gasteiger charge is -1.97. The molecule has 2 atom stereocenters. The van der Waals surface area contributed by atoms with Gasteiger partial charge in [-0.2, -0.15) is 0 Å². The number of carbonyl (C=O) groups excluding carboxylic acids is 1. The summed E-state index contributed by atoms with van der Waals surface area (Å²) in [6.45, 7) is 2.23. The van der Waals surface area contributed by atoms with Gasteiger partial charge in [-0.3, -0.25) is 4.79 Å². The maximum atomic E-state index is 11.0. The SMILES string of the molecule is CNC(=O)CCc1ccc([C@@H]2C[C@H]2C)o1. The normalized spacial score (nSPS) is 23.9. The van der Waals surface area contributed by atoms with Crippen LogP contribution in [0.25, 0.3) is 0 Å². The van der Waals surface area contributed by atoms with E-state index in [4.69, 9.17) is 4.42 Å². The summed E-state index contributed by atoms with van der Waals surface area (Å²) in [4.78, 5) is 11.0. The van der Waals surface area contributed by atoms with Crippen LogP contribution in [0.5, 0.6) is 0 Å². The van der Waals surface area contributed by atoms with Gasteiger partial charge in [0, 0.05) is 25.8 Å². The van der Waals surface area contributed by atoms with Gasteiger partial charge in [0.15, 0.2) is 0 Å². The number of nitrogens with one attached hydrogen (secondary N) is 1. The monoisotopic (exact) mass is 207 g/mol. The van der Waals surface area contributed by atoms with Gasteiger partial charge in [-0.25, -0.2) is 0 Å². The molecule has 3 heteroatoms. The first-order valence-corrected chi connectivity index (χ1v) is 5.50. The standard InChI is InChI=1S/C12H17NO2/c1-8-7-10(8)11-5-3-9(15-11)4-6-12(14)13-2/h3,5,8,10H,4,6-7H2,1-2H3,(H,13,14)/t8-,10-/m1/s1. The second kappa shape index (κ2) is 4.09. The quantitative estimate of drug-likeness (QED) is 0.821. The van der Waals surface area contributed by atoms with E-state index in [1.165, 1.54) is 6.42 Å². The van der Waals surface area contributed by atoms with Crippen LogP contribution in [-0.4, -0.2) is 13.0 Å². The zero-order valence-electron chi connectivity index (χ0n) is 9.25. The molecule has 0 aromatic carbocycles. The van der Waals surface area contributed by atoms with Crippen molar-refractivity contribution >= 4 is 5.91 Å². The van der Waals surface area contributed by atoms with Crippen LogP contribution < -0.4 is 5.32 Å². The van der Waals surface area contributed by atoms with Crippen LogP contribution in [0, 0.1) is 5.92 Å². The summed E-state index contributed by atoms with van der Waals surface area (Å²) >= 11 is 0. The smallest absolute Gasteiger partial charge is 0.220 e. The van der Waals surface area contributed by atoms with Gasteiger partial charge < -0.3 is 9.73 Å². The van der Waals surface area contributed by atoms with Crippen molar-refractivity contribution in [3.63, 3.8) is 0 Å². The molecule has 1 aliphatic rings. The van der Waals surface area contributed by atoms with Gasteiger partial charge in [0.05, 0.1) is 0 Å². The second-order valence-corrected chi connectivity index (χ2v) is 4.30. The summed E-state index contributed by atoms with van der Waals surface area (Å²) in [5.74, 6) is 3.47. The molecule has 15 heavy (non-hydrogen) atoms. The Morgan fingerprint density at radius 2 is 2.33 bits per heavy atom. The van der Waals surface area contributed by atoms with E-state index in [9.17, 15) is 4.79 Å². The fourth-order valence-electron chi connectivity index (χ4n) is 1.81. The Morgan fingerprint density at radius 3 is 2.93 bits per heavy atom. The van der Waals surface area contributed by atoms with Crippen LogP contribution in [0.2, 0.25) is 0 Å². The van der Waals surface area contributed by atoms with Crippen LogP contribution in [0.4, 0.5) is 0 Å².